The second-order valence-electron chi connectivity index (χ2n) is 10.0. The molecule has 3 fully saturated rings. The Morgan fingerprint density at radius 2 is 1.89 bits per heavy atom. The molecule has 2 aromatic rings. The molecule has 35 heavy (non-hydrogen) atoms. The summed E-state index contributed by atoms with van der Waals surface area (Å²) in [5.74, 6) is -0.362. The number of pyridine rings is 1. The number of hydrogen-bond acceptors (Lipinski definition) is 5. The van der Waals surface area contributed by atoms with Gasteiger partial charge in [0.1, 0.15) is 11.6 Å². The summed E-state index contributed by atoms with van der Waals surface area (Å²) >= 11 is 7.15. The fourth-order valence-electron chi connectivity index (χ4n) is 3.97. The van der Waals surface area contributed by atoms with Crippen LogP contribution in [-0.4, -0.2) is 35.8 Å². The monoisotopic (exact) mass is 523 g/mol. The van der Waals surface area contributed by atoms with Crippen molar-refractivity contribution in [1.29, 1.82) is 0 Å². The lowest BCUT2D eigenvalue weighted by molar-refractivity contribution is 0.0979. The summed E-state index contributed by atoms with van der Waals surface area (Å²) in [7, 11) is 0. The molecule has 0 spiro atoms. The van der Waals surface area contributed by atoms with Crippen LogP contribution in [0.1, 0.15) is 74.7 Å². The lowest BCUT2D eigenvalue weighted by atomic mass is 9.83. The molecule has 1 aliphatic heterocycles. The van der Waals surface area contributed by atoms with Crippen molar-refractivity contribution < 1.29 is 18.3 Å². The number of nitrogens with one attached hydrogen (secondary N) is 1. The maximum absolute atomic E-state index is 14.8. The van der Waals surface area contributed by atoms with Gasteiger partial charge in [-0.1, -0.05) is 38.8 Å². The van der Waals surface area contributed by atoms with Gasteiger partial charge in [-0.3, -0.25) is 9.52 Å². The minimum atomic E-state index is -0.578. The molecule has 3 aliphatic rings. The number of ether oxygens (including phenoxy) is 1. The molecular weight excluding hydrogens is 492 g/mol. The van der Waals surface area contributed by atoms with Crippen LogP contribution in [0.5, 0.6) is 5.75 Å². The minimum Gasteiger partial charge on any atom is -0.492 e. The van der Waals surface area contributed by atoms with Gasteiger partial charge >= 0.3 is 0 Å². The number of halogens is 3. The van der Waals surface area contributed by atoms with Crippen LogP contribution >= 0.6 is 23.5 Å². The third kappa shape index (κ3) is 6.58. The molecule has 2 heterocycles. The lowest BCUT2D eigenvalue weighted by Crippen LogP contribution is -2.58. The Labute approximate surface area is 215 Å². The van der Waals surface area contributed by atoms with Gasteiger partial charge in [-0.05, 0) is 61.2 Å². The predicted molar refractivity (Wildman–Crippen MR) is 137 cm³/mol. The van der Waals surface area contributed by atoms with Gasteiger partial charge in [0, 0.05) is 36.0 Å². The number of nitrogens with zero attached hydrogens (tertiary/aromatic N) is 2. The predicted octanol–water partition coefficient (Wildman–Crippen LogP) is 6.75. The summed E-state index contributed by atoms with van der Waals surface area (Å²) in [4.78, 5) is 18.4. The number of aromatic nitrogens is 1. The van der Waals surface area contributed by atoms with Gasteiger partial charge in [-0.25, -0.2) is 13.8 Å². The number of amides is 1. The summed E-state index contributed by atoms with van der Waals surface area (Å²) in [6, 6.07) is 4.24. The maximum Gasteiger partial charge on any atom is 0.264 e. The number of rotatable bonds is 8. The highest BCUT2D eigenvalue weighted by Crippen LogP contribution is 2.46. The Hall–Kier alpha value is -2.06. The molecule has 9 heteroatoms. The third-order valence-corrected chi connectivity index (χ3v) is 7.33. The molecule has 2 saturated carbocycles. The zero-order valence-electron chi connectivity index (χ0n) is 20.4. The van der Waals surface area contributed by atoms with Crippen molar-refractivity contribution >= 4 is 35.3 Å². The molecule has 1 N–H and O–H groups in total. The molecule has 0 radical (unpaired) electrons. The van der Waals surface area contributed by atoms with Crippen LogP contribution in [-0.2, 0) is 0 Å². The average molecular weight is 524 g/mol. The van der Waals surface area contributed by atoms with Crippen LogP contribution in [0.25, 0.3) is 0 Å². The molecule has 1 aromatic heterocycles. The zero-order chi connectivity index (χ0) is 25.2. The first kappa shape index (κ1) is 26.0. The maximum atomic E-state index is 14.8. The zero-order valence-corrected chi connectivity index (χ0v) is 21.9. The van der Waals surface area contributed by atoms with E-state index in [4.69, 9.17) is 16.3 Å². The number of anilines is 1. The molecule has 1 aromatic carbocycles. The topological polar surface area (TPSA) is 54.5 Å². The summed E-state index contributed by atoms with van der Waals surface area (Å²) in [6.07, 6.45) is 6.87. The van der Waals surface area contributed by atoms with Gasteiger partial charge in [-0.2, -0.15) is 0 Å². The van der Waals surface area contributed by atoms with Crippen molar-refractivity contribution in [2.24, 2.45) is 5.41 Å². The minimum absolute atomic E-state index is 0.0673. The molecule has 2 aliphatic carbocycles. The Morgan fingerprint density at radius 3 is 2.49 bits per heavy atom. The van der Waals surface area contributed by atoms with Crippen molar-refractivity contribution in [3.8, 4) is 5.75 Å². The van der Waals surface area contributed by atoms with Gasteiger partial charge < -0.3 is 9.64 Å². The van der Waals surface area contributed by atoms with Gasteiger partial charge in [0.15, 0.2) is 11.6 Å². The highest BCUT2D eigenvalue weighted by Gasteiger charge is 2.42. The van der Waals surface area contributed by atoms with Crippen molar-refractivity contribution in [3.63, 3.8) is 0 Å². The highest BCUT2D eigenvalue weighted by atomic mass is 35.5. The van der Waals surface area contributed by atoms with Crippen LogP contribution < -0.4 is 14.4 Å². The normalized spacial score (nSPS) is 18.3. The summed E-state index contributed by atoms with van der Waals surface area (Å²) < 4.78 is 37.7. The van der Waals surface area contributed by atoms with Crippen molar-refractivity contribution in [3.05, 3.63) is 52.2 Å². The number of carbonyl (C=O) groups excluding carboxylic acids is 1. The molecule has 1 saturated heterocycles. The molecule has 5 nitrogen and oxygen atoms in total. The van der Waals surface area contributed by atoms with E-state index in [9.17, 15) is 13.6 Å². The summed E-state index contributed by atoms with van der Waals surface area (Å²) in [5.41, 5.74) is 0.734. The quantitative estimate of drug-likeness (QED) is 0.388. The fraction of sp³-hybridized carbons (Fsp3) is 0.538. The van der Waals surface area contributed by atoms with Crippen molar-refractivity contribution in [1.82, 2.24) is 9.71 Å². The summed E-state index contributed by atoms with van der Waals surface area (Å²) in [5, 5.41) is 0.711. The van der Waals surface area contributed by atoms with E-state index in [0.717, 1.165) is 31.2 Å². The van der Waals surface area contributed by atoms with Crippen LogP contribution in [0.4, 0.5) is 14.6 Å². The van der Waals surface area contributed by atoms with E-state index in [0.29, 0.717) is 36.6 Å². The molecule has 1 amide bonds. The molecule has 0 bridgehead atoms. The number of hydrogen-bond donors (Lipinski definition) is 1. The van der Waals surface area contributed by atoms with Crippen molar-refractivity contribution in [2.75, 3.05) is 24.6 Å². The lowest BCUT2D eigenvalue weighted by Gasteiger charge is -2.48. The second-order valence-corrected chi connectivity index (χ2v) is 11.6. The smallest absolute Gasteiger partial charge is 0.264 e. The van der Waals surface area contributed by atoms with E-state index in [1.54, 1.807) is 6.07 Å². The second kappa shape index (κ2) is 10.9. The Bertz CT molecular complexity index is 1070. The standard InChI is InChI=1S/C23H24ClF2N3O2S.C3H8/c1-23(10-29(11-23)21-19(26)6-14(24)9-27-21)12-31-20-8-18(25)17(7-16(20)13-2-3-13)22(30)28-32-15-4-5-15;1-3-2/h6-9,13,15H,2-5,10-12H2,1H3,(H,28,30);3H2,1-2H3. The van der Waals surface area contributed by atoms with Gasteiger partial charge in [0.05, 0.1) is 17.2 Å². The van der Waals surface area contributed by atoms with Crippen LogP contribution in [0, 0.1) is 17.0 Å². The Morgan fingerprint density at radius 1 is 1.20 bits per heavy atom. The first-order valence-electron chi connectivity index (χ1n) is 12.2. The Kier molecular flexibility index (Phi) is 8.11. The molecular formula is C26H32ClF2N3O2S. The van der Waals surface area contributed by atoms with E-state index in [-0.39, 0.29) is 21.8 Å². The average Bonchev–Trinajstić information content (AvgIpc) is 3.69. The third-order valence-electron chi connectivity index (χ3n) is 6.01. The Balaban J connectivity index is 0.000000917. The first-order chi connectivity index (χ1) is 16.7. The highest BCUT2D eigenvalue weighted by molar-refractivity contribution is 7.98. The molecule has 0 atom stereocenters. The molecule has 5 rings (SSSR count). The van der Waals surface area contributed by atoms with Gasteiger partial charge in [0.25, 0.3) is 5.91 Å². The van der Waals surface area contributed by atoms with E-state index < -0.39 is 17.5 Å². The van der Waals surface area contributed by atoms with E-state index in [1.807, 2.05) is 11.8 Å². The first-order valence-corrected chi connectivity index (χ1v) is 13.5. The van der Waals surface area contributed by atoms with E-state index >= 15 is 0 Å². The molecule has 190 valence electrons. The van der Waals surface area contributed by atoms with Crippen LogP contribution in [0.15, 0.2) is 24.4 Å². The number of carbonyl (C=O) groups is 1. The molecule has 0 unspecified atom stereocenters. The van der Waals surface area contributed by atoms with Gasteiger partial charge in [0.2, 0.25) is 0 Å². The van der Waals surface area contributed by atoms with Crippen LogP contribution in [0.3, 0.4) is 0 Å². The fourth-order valence-corrected chi connectivity index (χ4v) is 4.87. The summed E-state index contributed by atoms with van der Waals surface area (Å²) in [6.45, 7) is 7.79. The van der Waals surface area contributed by atoms with Crippen LogP contribution in [0.2, 0.25) is 5.02 Å². The van der Waals surface area contributed by atoms with Crippen molar-refractivity contribution in [2.45, 2.75) is 64.0 Å². The SMILES string of the molecule is CC1(COc2cc(F)c(C(=O)NSC3CC3)cc2C2CC2)CN(c2ncc(Cl)cc2F)C1.CCC. The number of benzene rings is 1. The van der Waals surface area contributed by atoms with E-state index in [1.165, 1.54) is 36.7 Å². The largest absolute Gasteiger partial charge is 0.492 e. The van der Waals surface area contributed by atoms with Gasteiger partial charge in [-0.15, -0.1) is 0 Å². The van der Waals surface area contributed by atoms with E-state index in [2.05, 4.69) is 23.6 Å².